The van der Waals surface area contributed by atoms with Crippen LogP contribution in [0.25, 0.3) is 11.1 Å². The van der Waals surface area contributed by atoms with Crippen molar-refractivity contribution in [3.8, 4) is 11.1 Å². The average Bonchev–Trinajstić information content (AvgIpc) is 2.71. The van der Waals surface area contributed by atoms with Crippen LogP contribution in [0.1, 0.15) is 56.1 Å². The van der Waals surface area contributed by atoms with Crippen molar-refractivity contribution in [2.45, 2.75) is 57.5 Å². The van der Waals surface area contributed by atoms with Crippen molar-refractivity contribution in [2.75, 3.05) is 6.61 Å². The zero-order valence-electron chi connectivity index (χ0n) is 16.3. The van der Waals surface area contributed by atoms with Crippen LogP contribution in [0.3, 0.4) is 0 Å². The molecule has 2 aromatic rings. The second-order valence-corrected chi connectivity index (χ2v) is 7.48. The monoisotopic (exact) mass is 388 g/mol. The normalized spacial score (nSPS) is 19.6. The van der Waals surface area contributed by atoms with E-state index in [0.717, 1.165) is 32.1 Å². The fourth-order valence-electron chi connectivity index (χ4n) is 3.80. The van der Waals surface area contributed by atoms with Gasteiger partial charge in [-0.25, -0.2) is 13.2 Å². The van der Waals surface area contributed by atoms with Crippen LogP contribution in [0.4, 0.5) is 13.2 Å². The van der Waals surface area contributed by atoms with Crippen LogP contribution in [0, 0.1) is 17.5 Å². The van der Waals surface area contributed by atoms with Gasteiger partial charge in [0.1, 0.15) is 5.82 Å². The molecule has 0 N–H and O–H groups in total. The molecule has 1 nitrogen and oxygen atoms in total. The highest BCUT2D eigenvalue weighted by molar-refractivity contribution is 5.65. The predicted octanol–water partition coefficient (Wildman–Crippen LogP) is 6.95. The van der Waals surface area contributed by atoms with E-state index in [4.69, 9.17) is 4.74 Å². The van der Waals surface area contributed by atoms with Gasteiger partial charge >= 0.3 is 0 Å². The quantitative estimate of drug-likeness (QED) is 0.368. The fraction of sp³-hybridized carbons (Fsp3) is 0.417. The molecule has 0 aliphatic carbocycles. The van der Waals surface area contributed by atoms with Crippen LogP contribution < -0.4 is 0 Å². The average molecular weight is 388 g/mol. The summed E-state index contributed by atoms with van der Waals surface area (Å²) >= 11 is 0. The lowest BCUT2D eigenvalue weighted by Crippen LogP contribution is -2.23. The van der Waals surface area contributed by atoms with Crippen LogP contribution in [0.15, 0.2) is 43.0 Å². The molecule has 4 heteroatoms. The van der Waals surface area contributed by atoms with Crippen LogP contribution in [-0.4, -0.2) is 12.7 Å². The number of hydrogen-bond donors (Lipinski definition) is 0. The summed E-state index contributed by atoms with van der Waals surface area (Å²) in [6.45, 7) is 6.22. The van der Waals surface area contributed by atoms with Gasteiger partial charge in [0.15, 0.2) is 11.6 Å². The standard InChI is InChI=1S/C24H27F3O/c1-3-5-6-7-16-9-13-21(24(27)23(16)26)17-10-12-20(22(25)14-17)18-8-11-19(4-2)28-15-18/h4,9-10,12-14,18-19H,2-3,5-8,11,15H2,1H3. The number of halogens is 3. The summed E-state index contributed by atoms with van der Waals surface area (Å²) < 4.78 is 49.4. The van der Waals surface area contributed by atoms with Crippen LogP contribution >= 0.6 is 0 Å². The van der Waals surface area contributed by atoms with Crippen molar-refractivity contribution in [3.05, 3.63) is 71.6 Å². The third-order valence-corrected chi connectivity index (χ3v) is 5.54. The van der Waals surface area contributed by atoms with Gasteiger partial charge in [0.25, 0.3) is 0 Å². The molecule has 2 unspecified atom stereocenters. The number of rotatable bonds is 7. The number of aryl methyl sites for hydroxylation is 1. The Labute approximate surface area is 165 Å². The Balaban J connectivity index is 1.80. The van der Waals surface area contributed by atoms with Gasteiger partial charge in [-0.2, -0.15) is 0 Å². The number of unbranched alkanes of at least 4 members (excludes halogenated alkanes) is 2. The summed E-state index contributed by atoms with van der Waals surface area (Å²) in [5, 5.41) is 0. The summed E-state index contributed by atoms with van der Waals surface area (Å²) in [5.41, 5.74) is 1.37. The van der Waals surface area contributed by atoms with Gasteiger partial charge in [-0.1, -0.05) is 50.1 Å². The SMILES string of the molecule is C=CC1CCC(c2ccc(-c3ccc(CCCCC)c(F)c3F)cc2F)CO1. The number of ether oxygens (including phenoxy) is 1. The molecule has 3 rings (SSSR count). The largest absolute Gasteiger partial charge is 0.374 e. The van der Waals surface area contributed by atoms with Crippen molar-refractivity contribution in [3.63, 3.8) is 0 Å². The Bertz CT molecular complexity index is 823. The third kappa shape index (κ3) is 4.49. The first-order valence-corrected chi connectivity index (χ1v) is 10.1. The van der Waals surface area contributed by atoms with E-state index in [9.17, 15) is 13.2 Å². The molecule has 0 radical (unpaired) electrons. The van der Waals surface area contributed by atoms with Gasteiger partial charge in [-0.15, -0.1) is 6.58 Å². The van der Waals surface area contributed by atoms with Crippen molar-refractivity contribution < 1.29 is 17.9 Å². The maximum atomic E-state index is 14.7. The summed E-state index contributed by atoms with van der Waals surface area (Å²) in [5.74, 6) is -2.17. The third-order valence-electron chi connectivity index (χ3n) is 5.54. The van der Waals surface area contributed by atoms with Gasteiger partial charge in [0, 0.05) is 11.5 Å². The molecule has 1 aliphatic rings. The molecule has 1 fully saturated rings. The zero-order valence-corrected chi connectivity index (χ0v) is 16.3. The Morgan fingerprint density at radius 2 is 1.89 bits per heavy atom. The van der Waals surface area contributed by atoms with Crippen LogP contribution in [0.5, 0.6) is 0 Å². The molecule has 0 bridgehead atoms. The van der Waals surface area contributed by atoms with Gasteiger partial charge < -0.3 is 4.74 Å². The minimum absolute atomic E-state index is 0.0199. The van der Waals surface area contributed by atoms with E-state index in [1.165, 1.54) is 6.07 Å². The summed E-state index contributed by atoms with van der Waals surface area (Å²) in [7, 11) is 0. The van der Waals surface area contributed by atoms with E-state index < -0.39 is 17.5 Å². The molecule has 0 spiro atoms. The molecule has 0 saturated carbocycles. The number of benzene rings is 2. The van der Waals surface area contributed by atoms with Gasteiger partial charge in [0.2, 0.25) is 0 Å². The summed E-state index contributed by atoms with van der Waals surface area (Å²) in [6, 6.07) is 7.78. The van der Waals surface area contributed by atoms with Crippen molar-refractivity contribution in [1.29, 1.82) is 0 Å². The predicted molar refractivity (Wildman–Crippen MR) is 107 cm³/mol. The Morgan fingerprint density at radius 3 is 2.54 bits per heavy atom. The topological polar surface area (TPSA) is 9.23 Å². The first-order chi connectivity index (χ1) is 13.5. The van der Waals surface area contributed by atoms with E-state index in [2.05, 4.69) is 13.5 Å². The lowest BCUT2D eigenvalue weighted by molar-refractivity contribution is 0.0321. The first kappa shape index (κ1) is 20.7. The minimum atomic E-state index is -0.907. The van der Waals surface area contributed by atoms with E-state index in [1.807, 2.05) is 0 Å². The minimum Gasteiger partial charge on any atom is -0.374 e. The van der Waals surface area contributed by atoms with Crippen molar-refractivity contribution >= 4 is 0 Å². The van der Waals surface area contributed by atoms with E-state index >= 15 is 0 Å². The van der Waals surface area contributed by atoms with E-state index in [1.54, 1.807) is 30.3 Å². The molecular weight excluding hydrogens is 361 g/mol. The molecule has 1 aliphatic heterocycles. The highest BCUT2D eigenvalue weighted by Crippen LogP contribution is 2.33. The fourth-order valence-corrected chi connectivity index (χ4v) is 3.80. The Hall–Kier alpha value is -2.07. The summed E-state index contributed by atoms with van der Waals surface area (Å²) in [4.78, 5) is 0. The highest BCUT2D eigenvalue weighted by Gasteiger charge is 2.24. The molecule has 0 aromatic heterocycles. The highest BCUT2D eigenvalue weighted by atomic mass is 19.2. The Kier molecular flexibility index (Phi) is 6.95. The van der Waals surface area contributed by atoms with E-state index in [0.29, 0.717) is 29.7 Å². The molecule has 150 valence electrons. The first-order valence-electron chi connectivity index (χ1n) is 10.1. The van der Waals surface area contributed by atoms with E-state index in [-0.39, 0.29) is 17.6 Å². The lowest BCUT2D eigenvalue weighted by atomic mass is 9.89. The molecule has 1 heterocycles. The molecule has 1 saturated heterocycles. The smallest absolute Gasteiger partial charge is 0.166 e. The maximum Gasteiger partial charge on any atom is 0.166 e. The van der Waals surface area contributed by atoms with Crippen LogP contribution in [-0.2, 0) is 11.2 Å². The second kappa shape index (κ2) is 9.42. The van der Waals surface area contributed by atoms with Crippen molar-refractivity contribution in [1.82, 2.24) is 0 Å². The van der Waals surface area contributed by atoms with Gasteiger partial charge in [0.05, 0.1) is 12.7 Å². The van der Waals surface area contributed by atoms with Gasteiger partial charge in [-0.3, -0.25) is 0 Å². The zero-order chi connectivity index (χ0) is 20.1. The maximum absolute atomic E-state index is 14.7. The molecule has 2 aromatic carbocycles. The molecule has 2 atom stereocenters. The molecule has 0 amide bonds. The van der Waals surface area contributed by atoms with Crippen molar-refractivity contribution in [2.24, 2.45) is 0 Å². The Morgan fingerprint density at radius 1 is 1.07 bits per heavy atom. The molecular formula is C24H27F3O. The second-order valence-electron chi connectivity index (χ2n) is 7.48. The summed E-state index contributed by atoms with van der Waals surface area (Å²) in [6.07, 6.45) is 6.73. The molecule has 28 heavy (non-hydrogen) atoms. The lowest BCUT2D eigenvalue weighted by Gasteiger charge is -2.27. The number of hydrogen-bond acceptors (Lipinski definition) is 1. The van der Waals surface area contributed by atoms with Gasteiger partial charge in [-0.05, 0) is 48.4 Å². The van der Waals surface area contributed by atoms with Crippen LogP contribution in [0.2, 0.25) is 0 Å².